The highest BCUT2D eigenvalue weighted by atomic mass is 35.5. The summed E-state index contributed by atoms with van der Waals surface area (Å²) in [6.45, 7) is 3.67. The average molecular weight is 455 g/mol. The highest BCUT2D eigenvalue weighted by Gasteiger charge is 2.52. The minimum absolute atomic E-state index is 0.0746. The third-order valence-corrected chi connectivity index (χ3v) is 6.66. The van der Waals surface area contributed by atoms with E-state index in [1.165, 1.54) is 23.8 Å². The number of ether oxygens (including phenoxy) is 1. The molecule has 0 atom stereocenters. The van der Waals surface area contributed by atoms with Crippen LogP contribution in [0.4, 0.5) is 10.8 Å². The standard InChI is InChI=1S/C24H23ClN2O3S/c1-3-17-4-10-21(11-5-17)27(16(2)28)23-26-20(15-31-23)14-30-22(29)24(12-13-24)18-6-8-19(25)9-7-18/h4-11,15H,3,12-14H2,1-2H3. The van der Waals surface area contributed by atoms with E-state index in [4.69, 9.17) is 16.3 Å². The van der Waals surface area contributed by atoms with Gasteiger partial charge in [0.1, 0.15) is 6.61 Å². The van der Waals surface area contributed by atoms with Gasteiger partial charge in [0.05, 0.1) is 16.8 Å². The van der Waals surface area contributed by atoms with Crippen molar-refractivity contribution >= 4 is 45.6 Å². The predicted octanol–water partition coefficient (Wildman–Crippen LogP) is 5.82. The Bertz CT molecular complexity index is 1090. The van der Waals surface area contributed by atoms with Crippen LogP contribution in [0, 0.1) is 0 Å². The van der Waals surface area contributed by atoms with Gasteiger partial charge in [-0.3, -0.25) is 14.5 Å². The van der Waals surface area contributed by atoms with Crippen molar-refractivity contribution in [2.24, 2.45) is 0 Å². The van der Waals surface area contributed by atoms with E-state index in [0.717, 1.165) is 30.5 Å². The Kier molecular flexibility index (Phi) is 6.12. The summed E-state index contributed by atoms with van der Waals surface area (Å²) in [4.78, 5) is 31.2. The van der Waals surface area contributed by atoms with Crippen molar-refractivity contribution in [2.45, 2.75) is 45.1 Å². The van der Waals surface area contributed by atoms with Crippen molar-refractivity contribution in [3.63, 3.8) is 0 Å². The molecule has 4 rings (SSSR count). The van der Waals surface area contributed by atoms with Crippen LogP contribution >= 0.6 is 22.9 Å². The van der Waals surface area contributed by atoms with Crippen molar-refractivity contribution in [1.82, 2.24) is 4.98 Å². The second-order valence-corrected chi connectivity index (χ2v) is 8.93. The molecule has 1 amide bonds. The third-order valence-electron chi connectivity index (χ3n) is 5.54. The quantitative estimate of drug-likeness (QED) is 0.422. The van der Waals surface area contributed by atoms with Crippen molar-refractivity contribution < 1.29 is 14.3 Å². The Morgan fingerprint density at radius 3 is 2.39 bits per heavy atom. The van der Waals surface area contributed by atoms with Crippen LogP contribution in [0.2, 0.25) is 5.02 Å². The Labute approximate surface area is 190 Å². The monoisotopic (exact) mass is 454 g/mol. The van der Waals surface area contributed by atoms with Gasteiger partial charge < -0.3 is 4.74 Å². The number of carbonyl (C=O) groups excluding carboxylic acids is 2. The Balaban J connectivity index is 1.45. The molecule has 0 radical (unpaired) electrons. The molecular weight excluding hydrogens is 432 g/mol. The number of carbonyl (C=O) groups is 2. The summed E-state index contributed by atoms with van der Waals surface area (Å²) in [6, 6.07) is 15.2. The normalized spacial score (nSPS) is 14.2. The summed E-state index contributed by atoms with van der Waals surface area (Å²) in [6.07, 6.45) is 2.47. The number of benzene rings is 2. The Morgan fingerprint density at radius 2 is 1.81 bits per heavy atom. The maximum atomic E-state index is 12.8. The van der Waals surface area contributed by atoms with Gasteiger partial charge in [0.25, 0.3) is 0 Å². The molecular formula is C24H23ClN2O3S. The molecule has 1 aliphatic carbocycles. The largest absolute Gasteiger partial charge is 0.458 e. The van der Waals surface area contributed by atoms with Crippen LogP contribution in [-0.4, -0.2) is 16.9 Å². The third kappa shape index (κ3) is 4.50. The van der Waals surface area contributed by atoms with Crippen LogP contribution in [0.3, 0.4) is 0 Å². The lowest BCUT2D eigenvalue weighted by molar-refractivity contribution is -0.148. The number of aryl methyl sites for hydroxylation is 1. The Hall–Kier alpha value is -2.70. The van der Waals surface area contributed by atoms with E-state index in [0.29, 0.717) is 15.8 Å². The van der Waals surface area contributed by atoms with E-state index in [1.54, 1.807) is 17.0 Å². The first-order chi connectivity index (χ1) is 14.9. The molecule has 1 saturated carbocycles. The molecule has 5 nitrogen and oxygen atoms in total. The smallest absolute Gasteiger partial charge is 0.316 e. The summed E-state index contributed by atoms with van der Waals surface area (Å²) in [5, 5.41) is 3.02. The van der Waals surface area contributed by atoms with Gasteiger partial charge >= 0.3 is 5.97 Å². The van der Waals surface area contributed by atoms with Crippen LogP contribution in [0.15, 0.2) is 53.9 Å². The van der Waals surface area contributed by atoms with Gasteiger partial charge in [0.15, 0.2) is 5.13 Å². The van der Waals surface area contributed by atoms with Gasteiger partial charge in [0, 0.05) is 17.3 Å². The van der Waals surface area contributed by atoms with Crippen LogP contribution in [-0.2, 0) is 32.8 Å². The van der Waals surface area contributed by atoms with Crippen LogP contribution in [0.1, 0.15) is 43.5 Å². The van der Waals surface area contributed by atoms with Crippen molar-refractivity contribution in [3.05, 3.63) is 75.8 Å². The molecule has 160 valence electrons. The lowest BCUT2D eigenvalue weighted by atomic mass is 9.96. The summed E-state index contributed by atoms with van der Waals surface area (Å²) in [5.74, 6) is -0.371. The zero-order valence-corrected chi connectivity index (χ0v) is 19.0. The molecule has 1 fully saturated rings. The molecule has 3 aromatic rings. The second kappa shape index (κ2) is 8.81. The molecule has 0 unspecified atom stereocenters. The zero-order chi connectivity index (χ0) is 22.0. The number of hydrogen-bond donors (Lipinski definition) is 0. The number of anilines is 2. The van der Waals surface area contributed by atoms with E-state index < -0.39 is 5.41 Å². The van der Waals surface area contributed by atoms with E-state index in [1.807, 2.05) is 41.8 Å². The highest BCUT2D eigenvalue weighted by Crippen LogP contribution is 2.49. The minimum Gasteiger partial charge on any atom is -0.458 e. The highest BCUT2D eigenvalue weighted by molar-refractivity contribution is 7.14. The lowest BCUT2D eigenvalue weighted by Crippen LogP contribution is -2.23. The molecule has 0 saturated heterocycles. The van der Waals surface area contributed by atoms with Gasteiger partial charge in [-0.15, -0.1) is 11.3 Å². The van der Waals surface area contributed by atoms with Crippen LogP contribution in [0.25, 0.3) is 0 Å². The molecule has 1 aliphatic rings. The fourth-order valence-electron chi connectivity index (χ4n) is 3.56. The fraction of sp³-hybridized carbons (Fsp3) is 0.292. The topological polar surface area (TPSA) is 59.5 Å². The molecule has 1 heterocycles. The molecule has 2 aromatic carbocycles. The van der Waals surface area contributed by atoms with E-state index >= 15 is 0 Å². The number of rotatable bonds is 7. The minimum atomic E-state index is -0.574. The van der Waals surface area contributed by atoms with Gasteiger partial charge in [-0.1, -0.05) is 42.8 Å². The van der Waals surface area contributed by atoms with Gasteiger partial charge in [-0.2, -0.15) is 0 Å². The van der Waals surface area contributed by atoms with Crippen molar-refractivity contribution in [1.29, 1.82) is 0 Å². The molecule has 31 heavy (non-hydrogen) atoms. The molecule has 1 aromatic heterocycles. The average Bonchev–Trinajstić information content (AvgIpc) is 3.46. The van der Waals surface area contributed by atoms with Crippen LogP contribution in [0.5, 0.6) is 0 Å². The number of hydrogen-bond acceptors (Lipinski definition) is 5. The number of amides is 1. The van der Waals surface area contributed by atoms with Gasteiger partial charge in [-0.25, -0.2) is 4.98 Å². The number of nitrogens with zero attached hydrogens (tertiary/aromatic N) is 2. The number of esters is 1. The Morgan fingerprint density at radius 1 is 1.13 bits per heavy atom. The maximum Gasteiger partial charge on any atom is 0.316 e. The molecule has 0 N–H and O–H groups in total. The first-order valence-corrected chi connectivity index (χ1v) is 11.5. The number of thiazole rings is 1. The summed E-state index contributed by atoms with van der Waals surface area (Å²) in [7, 11) is 0. The molecule has 0 aliphatic heterocycles. The zero-order valence-electron chi connectivity index (χ0n) is 17.4. The first kappa shape index (κ1) is 21.5. The summed E-state index contributed by atoms with van der Waals surface area (Å²) in [5.41, 5.74) is 2.95. The molecule has 0 bridgehead atoms. The second-order valence-electron chi connectivity index (χ2n) is 7.66. The summed E-state index contributed by atoms with van der Waals surface area (Å²) >= 11 is 7.31. The molecule has 7 heteroatoms. The SMILES string of the molecule is CCc1ccc(N(C(C)=O)c2nc(COC(=O)C3(c4ccc(Cl)cc4)CC3)cs2)cc1. The first-order valence-electron chi connectivity index (χ1n) is 10.2. The maximum absolute atomic E-state index is 12.8. The van der Waals surface area contributed by atoms with Gasteiger partial charge in [-0.05, 0) is 54.7 Å². The number of aromatic nitrogens is 1. The van der Waals surface area contributed by atoms with Crippen LogP contribution < -0.4 is 4.90 Å². The van der Waals surface area contributed by atoms with E-state index in [9.17, 15) is 9.59 Å². The van der Waals surface area contributed by atoms with Crippen molar-refractivity contribution in [3.8, 4) is 0 Å². The summed E-state index contributed by atoms with van der Waals surface area (Å²) < 4.78 is 5.60. The number of halogens is 1. The van der Waals surface area contributed by atoms with E-state index in [2.05, 4.69) is 11.9 Å². The van der Waals surface area contributed by atoms with Gasteiger partial charge in [0.2, 0.25) is 5.91 Å². The van der Waals surface area contributed by atoms with Crippen molar-refractivity contribution in [2.75, 3.05) is 4.90 Å². The lowest BCUT2D eigenvalue weighted by Gasteiger charge is -2.18. The predicted molar refractivity (Wildman–Crippen MR) is 123 cm³/mol. The fourth-order valence-corrected chi connectivity index (χ4v) is 4.55. The van der Waals surface area contributed by atoms with E-state index in [-0.39, 0.29) is 18.5 Å². The molecule has 0 spiro atoms.